The van der Waals surface area contributed by atoms with Crippen LogP contribution < -0.4 is 29.9 Å². The summed E-state index contributed by atoms with van der Waals surface area (Å²) < 4.78 is 24.0. The maximum Gasteiger partial charge on any atom is 0.170 e. The Morgan fingerprint density at radius 1 is 0.525 bits per heavy atom. The van der Waals surface area contributed by atoms with E-state index in [1.807, 2.05) is 12.1 Å². The van der Waals surface area contributed by atoms with Crippen molar-refractivity contribution in [2.75, 3.05) is 65.4 Å². The lowest BCUT2D eigenvalue weighted by Crippen LogP contribution is -2.52. The third kappa shape index (κ3) is 8.97. The Bertz CT molecular complexity index is 2100. The Hall–Kier alpha value is -3.47. The molecule has 0 aliphatic carbocycles. The third-order valence-electron chi connectivity index (χ3n) is 12.1. The highest BCUT2D eigenvalue weighted by atomic mass is 31.1. The Morgan fingerprint density at radius 3 is 1.27 bits per heavy atom. The molecule has 4 aromatic rings. The zero-order valence-corrected chi connectivity index (χ0v) is 39.9. The third-order valence-corrected chi connectivity index (χ3v) is 19.4. The molecule has 0 saturated carbocycles. The Kier molecular flexibility index (Phi) is 13.1. The molecule has 3 aliphatic rings. The number of benzene rings is 4. The van der Waals surface area contributed by atoms with Crippen LogP contribution in [0.25, 0.3) is 22.3 Å². The van der Waals surface area contributed by atoms with E-state index in [0.29, 0.717) is 31.8 Å². The van der Waals surface area contributed by atoms with Gasteiger partial charge in [0.15, 0.2) is 5.79 Å². The van der Waals surface area contributed by atoms with Gasteiger partial charge in [-0.3, -0.25) is 4.79 Å². The molecule has 3 saturated heterocycles. The molecule has 7 nitrogen and oxygen atoms in total. The number of ketones is 1. The molecule has 0 unspecified atom stereocenters. The monoisotopic (exact) mass is 838 g/mol. The average molecular weight is 839 g/mol. The number of hydrogen-bond donors (Lipinski definition) is 0. The molecular weight excluding hydrogens is 771 g/mol. The second-order valence-electron chi connectivity index (χ2n) is 19.3. The van der Waals surface area contributed by atoms with Crippen LogP contribution in [-0.2, 0) is 14.3 Å². The number of methoxy groups -OCH3 is 2. The van der Waals surface area contributed by atoms with Crippen molar-refractivity contribution in [1.82, 2.24) is 0 Å². The molecule has 59 heavy (non-hydrogen) atoms. The second kappa shape index (κ2) is 17.1. The van der Waals surface area contributed by atoms with E-state index in [4.69, 9.17) is 18.9 Å². The summed E-state index contributed by atoms with van der Waals surface area (Å²) in [6.45, 7) is 20.1. The largest absolute Gasteiger partial charge is 0.496 e. The molecule has 0 N–H and O–H groups in total. The van der Waals surface area contributed by atoms with E-state index in [1.165, 1.54) is 33.0 Å². The van der Waals surface area contributed by atoms with Crippen LogP contribution in [0.15, 0.2) is 84.9 Å². The lowest BCUT2D eigenvalue weighted by atomic mass is 9.91. The van der Waals surface area contributed by atoms with Crippen molar-refractivity contribution < 1.29 is 23.7 Å². The number of nitrogens with zero attached hydrogens (tertiary/aromatic N) is 2. The maximum atomic E-state index is 12.5. The number of anilines is 2. The van der Waals surface area contributed by atoms with Crippen molar-refractivity contribution >= 4 is 43.6 Å². The van der Waals surface area contributed by atoms with E-state index < -0.39 is 21.6 Å². The van der Waals surface area contributed by atoms with Crippen molar-refractivity contribution in [2.24, 2.45) is 0 Å². The molecule has 0 amide bonds. The number of rotatable bonds is 8. The van der Waals surface area contributed by atoms with Crippen molar-refractivity contribution in [1.29, 1.82) is 0 Å². The lowest BCUT2D eigenvalue weighted by molar-refractivity contribution is -0.178. The summed E-state index contributed by atoms with van der Waals surface area (Å²) in [5, 5.41) is 2.87. The van der Waals surface area contributed by atoms with Gasteiger partial charge in [-0.15, -0.1) is 0 Å². The van der Waals surface area contributed by atoms with Gasteiger partial charge >= 0.3 is 0 Å². The van der Waals surface area contributed by atoms with Crippen LogP contribution in [0.1, 0.15) is 81.1 Å². The summed E-state index contributed by atoms with van der Waals surface area (Å²) in [6, 6.07) is 30.2. The molecule has 3 heterocycles. The van der Waals surface area contributed by atoms with Crippen LogP contribution in [0.5, 0.6) is 11.5 Å². The molecule has 9 heteroatoms. The van der Waals surface area contributed by atoms with E-state index in [-0.39, 0.29) is 20.6 Å². The highest BCUT2D eigenvalue weighted by Crippen LogP contribution is 2.69. The quantitative estimate of drug-likeness (QED) is 0.164. The summed E-state index contributed by atoms with van der Waals surface area (Å²) in [5.74, 6) is 1.76. The SMILES string of the molecule is COc1cccc(N(C)C)c1-c1ccccc1P1C(C)(C)CC(=O)CC1(C)C.COc1cccc(N(C)C)c1-c1ccccc1P1C(C)(C)CC2(CC1(C)C)OCCO2. The highest BCUT2D eigenvalue weighted by molar-refractivity contribution is 7.69. The van der Waals surface area contributed by atoms with Gasteiger partial charge in [-0.25, -0.2) is 0 Å². The zero-order chi connectivity index (χ0) is 43.1. The maximum absolute atomic E-state index is 12.5. The van der Waals surface area contributed by atoms with Gasteiger partial charge in [-0.05, 0) is 66.6 Å². The second-order valence-corrected chi connectivity index (χ2v) is 26.5. The fraction of sp³-hybridized carbons (Fsp3) is 0.500. The van der Waals surface area contributed by atoms with E-state index in [2.05, 4.69) is 166 Å². The molecule has 7 rings (SSSR count). The van der Waals surface area contributed by atoms with Crippen molar-refractivity contribution in [3.05, 3.63) is 84.9 Å². The topological polar surface area (TPSA) is 60.5 Å². The van der Waals surface area contributed by atoms with Crippen molar-refractivity contribution in [2.45, 2.75) is 107 Å². The van der Waals surface area contributed by atoms with Gasteiger partial charge in [0.1, 0.15) is 17.3 Å². The first-order valence-corrected chi connectivity index (χ1v) is 23.6. The minimum atomic E-state index is -0.568. The van der Waals surface area contributed by atoms with Gasteiger partial charge < -0.3 is 28.7 Å². The van der Waals surface area contributed by atoms with E-state index in [1.54, 1.807) is 14.2 Å². The number of Topliss-reactive ketones (excluding diaryl/α,β-unsaturated/α-hetero) is 1. The van der Waals surface area contributed by atoms with Crippen molar-refractivity contribution in [3.63, 3.8) is 0 Å². The first kappa shape index (κ1) is 45.1. The molecule has 0 bridgehead atoms. The number of hydrogen-bond acceptors (Lipinski definition) is 7. The lowest BCUT2D eigenvalue weighted by Gasteiger charge is -2.55. The molecule has 4 aromatic carbocycles. The molecule has 3 fully saturated rings. The first-order valence-electron chi connectivity index (χ1n) is 21.0. The molecular formula is C50H68N2O5P2. The predicted molar refractivity (Wildman–Crippen MR) is 253 cm³/mol. The van der Waals surface area contributed by atoms with Crippen LogP contribution in [0.2, 0.25) is 0 Å². The molecule has 0 atom stereocenters. The van der Waals surface area contributed by atoms with Gasteiger partial charge in [0, 0.05) is 76.4 Å². The smallest absolute Gasteiger partial charge is 0.170 e. The zero-order valence-electron chi connectivity index (χ0n) is 38.2. The van der Waals surface area contributed by atoms with Gasteiger partial charge in [0.25, 0.3) is 0 Å². The molecule has 0 aromatic heterocycles. The number of carbonyl (C=O) groups excluding carboxylic acids is 1. The fourth-order valence-electron chi connectivity index (χ4n) is 10.8. The average Bonchev–Trinajstić information content (AvgIpc) is 3.58. The number of ether oxygens (including phenoxy) is 4. The Balaban J connectivity index is 0.000000199. The summed E-state index contributed by atoms with van der Waals surface area (Å²) in [7, 11) is 10.7. The highest BCUT2D eigenvalue weighted by Gasteiger charge is 2.57. The molecule has 0 radical (unpaired) electrons. The van der Waals surface area contributed by atoms with Crippen LogP contribution in [0.3, 0.4) is 0 Å². The predicted octanol–water partition coefficient (Wildman–Crippen LogP) is 11.1. The summed E-state index contributed by atoms with van der Waals surface area (Å²) in [6.07, 6.45) is 3.16. The summed E-state index contributed by atoms with van der Waals surface area (Å²) in [5.41, 5.74) is 7.13. The van der Waals surface area contributed by atoms with Gasteiger partial charge in [-0.2, -0.15) is 0 Å². The minimum absolute atomic E-state index is 0.0371. The molecule has 3 aliphatic heterocycles. The Morgan fingerprint density at radius 2 is 0.898 bits per heavy atom. The van der Waals surface area contributed by atoms with Crippen LogP contribution in [0, 0.1) is 0 Å². The number of carbonyl (C=O) groups is 1. The molecule has 1 spiro atoms. The standard InChI is InChI=1S/C26H36NO3P.C24H32NO2P/c1-24(2)17-26(29-15-16-30-26)18-25(3,4)31(24)22-14-9-8-11-19(22)23-20(27(5)6)12-10-13-21(23)28-7;1-23(2)15-17(26)16-24(3,4)28(23)21-14-9-8-11-18(21)22-19(25(5)6)12-10-13-20(22)27-7/h8-14H,15-18H2,1-7H3;8-14H,15-16H2,1-7H3. The van der Waals surface area contributed by atoms with E-state index in [0.717, 1.165) is 35.6 Å². The van der Waals surface area contributed by atoms with Crippen LogP contribution in [-0.4, -0.2) is 87.8 Å². The van der Waals surface area contributed by atoms with Gasteiger partial charge in [-0.1, -0.05) is 132 Å². The minimum Gasteiger partial charge on any atom is -0.496 e. The van der Waals surface area contributed by atoms with Gasteiger partial charge in [0.2, 0.25) is 0 Å². The van der Waals surface area contributed by atoms with Crippen molar-refractivity contribution in [3.8, 4) is 33.8 Å². The Labute approximate surface area is 357 Å². The summed E-state index contributed by atoms with van der Waals surface area (Å²) in [4.78, 5) is 16.8. The normalized spacial score (nSPS) is 20.4. The van der Waals surface area contributed by atoms with E-state index in [9.17, 15) is 4.79 Å². The fourth-order valence-corrected chi connectivity index (χ4v) is 19.5. The molecule has 318 valence electrons. The van der Waals surface area contributed by atoms with Crippen LogP contribution in [0.4, 0.5) is 11.4 Å². The first-order chi connectivity index (χ1) is 27.7. The van der Waals surface area contributed by atoms with Crippen LogP contribution >= 0.6 is 15.8 Å². The van der Waals surface area contributed by atoms with E-state index >= 15 is 0 Å². The summed E-state index contributed by atoms with van der Waals surface area (Å²) >= 11 is 0. The van der Waals surface area contributed by atoms with Gasteiger partial charge in [0.05, 0.1) is 27.4 Å².